The first-order valence-electron chi connectivity index (χ1n) is 11.1. The number of hydrogen-bond donors (Lipinski definition) is 0. The fraction of sp³-hybridized carbons (Fsp3) is 0.321. The summed E-state index contributed by atoms with van der Waals surface area (Å²) in [6.07, 6.45) is 3.34. The van der Waals surface area contributed by atoms with Crippen molar-refractivity contribution in [3.8, 4) is 11.3 Å². The van der Waals surface area contributed by atoms with Crippen LogP contribution in [0.25, 0.3) is 32.8 Å². The smallest absolute Gasteiger partial charge is 0.200 e. The van der Waals surface area contributed by atoms with Crippen molar-refractivity contribution in [2.75, 3.05) is 0 Å². The predicted octanol–water partition coefficient (Wildman–Crippen LogP) is 7.58. The molecule has 4 aromatic rings. The lowest BCUT2D eigenvalue weighted by atomic mass is 9.88. The molecule has 1 aromatic heterocycles. The lowest BCUT2D eigenvalue weighted by Crippen LogP contribution is -2.32. The molecule has 0 unspecified atom stereocenters. The lowest BCUT2D eigenvalue weighted by Gasteiger charge is -2.26. The van der Waals surface area contributed by atoms with Crippen molar-refractivity contribution in [2.24, 2.45) is 13.0 Å². The molecule has 30 heavy (non-hydrogen) atoms. The molecule has 0 spiro atoms. The van der Waals surface area contributed by atoms with Crippen molar-refractivity contribution >= 4 is 33.3 Å². The minimum atomic E-state index is 0.526. The zero-order valence-electron chi connectivity index (χ0n) is 18.8. The second-order valence-electron chi connectivity index (χ2n) is 9.47. The van der Waals surface area contributed by atoms with Crippen molar-refractivity contribution < 1.29 is 4.57 Å². The SMILES string of the molecule is Cc1c2c(c(CC(C)C)c3ccccc13)Sc1cc(C(C)C)cc3cc[n+](C)c-2c13. The van der Waals surface area contributed by atoms with Gasteiger partial charge in [0.1, 0.15) is 7.05 Å². The molecule has 1 aliphatic heterocycles. The van der Waals surface area contributed by atoms with Crippen LogP contribution in [0.15, 0.2) is 58.5 Å². The number of aryl methyl sites for hydroxylation is 2. The molecule has 1 nitrogen and oxygen atoms in total. The Labute approximate surface area is 184 Å². The molecule has 5 rings (SSSR count). The Kier molecular flexibility index (Phi) is 4.67. The molecule has 0 atom stereocenters. The first-order chi connectivity index (χ1) is 14.4. The molecule has 0 aliphatic carbocycles. The molecular weight excluding hydrogens is 382 g/mol. The van der Waals surface area contributed by atoms with Gasteiger partial charge in [-0.05, 0) is 64.1 Å². The summed E-state index contributed by atoms with van der Waals surface area (Å²) >= 11 is 2.00. The van der Waals surface area contributed by atoms with Gasteiger partial charge in [-0.2, -0.15) is 0 Å². The van der Waals surface area contributed by atoms with E-state index in [1.165, 1.54) is 59.3 Å². The van der Waals surface area contributed by atoms with Crippen molar-refractivity contribution in [3.05, 3.63) is 65.4 Å². The van der Waals surface area contributed by atoms with Crippen LogP contribution in [0.2, 0.25) is 0 Å². The first kappa shape index (κ1) is 19.6. The molecule has 0 radical (unpaired) electrons. The standard InChI is InChI=1S/C28H30NS/c1-16(2)13-23-22-10-8-7-9-21(22)18(5)25-27-26-19(11-12-29(27)6)14-20(17(3)4)15-24(26)30-28(23)25/h7-12,14-17H,13H2,1-6H3/q+1. The molecule has 0 amide bonds. The highest BCUT2D eigenvalue weighted by molar-refractivity contribution is 7.99. The Morgan fingerprint density at radius 3 is 2.40 bits per heavy atom. The van der Waals surface area contributed by atoms with Gasteiger partial charge in [0.25, 0.3) is 0 Å². The quantitative estimate of drug-likeness (QED) is 0.276. The monoisotopic (exact) mass is 412 g/mol. The van der Waals surface area contributed by atoms with Crippen molar-refractivity contribution in [3.63, 3.8) is 0 Å². The van der Waals surface area contributed by atoms with E-state index in [1.807, 2.05) is 11.8 Å². The highest BCUT2D eigenvalue weighted by atomic mass is 32.2. The molecule has 0 bridgehead atoms. The second-order valence-corrected chi connectivity index (χ2v) is 10.5. The molecule has 2 heteroatoms. The Balaban J connectivity index is 1.96. The third-order valence-electron chi connectivity index (χ3n) is 6.48. The maximum absolute atomic E-state index is 2.44. The number of aromatic nitrogens is 1. The van der Waals surface area contributed by atoms with Crippen LogP contribution in [-0.4, -0.2) is 0 Å². The molecule has 2 heterocycles. The highest BCUT2D eigenvalue weighted by Gasteiger charge is 2.32. The molecule has 1 aliphatic rings. The van der Waals surface area contributed by atoms with Crippen LogP contribution in [0.4, 0.5) is 0 Å². The zero-order valence-corrected chi connectivity index (χ0v) is 19.7. The van der Waals surface area contributed by atoms with E-state index in [9.17, 15) is 0 Å². The average molecular weight is 413 g/mol. The molecule has 0 fully saturated rings. The number of benzene rings is 3. The topological polar surface area (TPSA) is 3.88 Å². The molecule has 0 saturated heterocycles. The van der Waals surface area contributed by atoms with Crippen LogP contribution in [0.5, 0.6) is 0 Å². The number of fused-ring (bicyclic) bond motifs is 3. The normalized spacial score (nSPS) is 12.9. The van der Waals surface area contributed by atoms with Gasteiger partial charge in [-0.3, -0.25) is 0 Å². The van der Waals surface area contributed by atoms with E-state index in [2.05, 4.69) is 94.9 Å². The Morgan fingerprint density at radius 1 is 0.967 bits per heavy atom. The minimum Gasteiger partial charge on any atom is -0.200 e. The summed E-state index contributed by atoms with van der Waals surface area (Å²) in [5, 5.41) is 5.59. The van der Waals surface area contributed by atoms with E-state index in [0.29, 0.717) is 11.8 Å². The molecule has 0 saturated carbocycles. The molecular formula is C28H30NS+. The van der Waals surface area contributed by atoms with Gasteiger partial charge in [-0.15, -0.1) is 0 Å². The van der Waals surface area contributed by atoms with Crippen LogP contribution in [0.1, 0.15) is 50.3 Å². The predicted molar refractivity (Wildman–Crippen MR) is 130 cm³/mol. The third-order valence-corrected chi connectivity index (χ3v) is 7.68. The summed E-state index contributed by atoms with van der Waals surface area (Å²) < 4.78 is 2.33. The van der Waals surface area contributed by atoms with Gasteiger partial charge in [0.05, 0.1) is 10.9 Å². The van der Waals surface area contributed by atoms with E-state index in [0.717, 1.165) is 6.42 Å². The highest BCUT2D eigenvalue weighted by Crippen LogP contribution is 2.52. The van der Waals surface area contributed by atoms with Crippen LogP contribution < -0.4 is 4.57 Å². The van der Waals surface area contributed by atoms with Crippen LogP contribution >= 0.6 is 11.8 Å². The number of rotatable bonds is 3. The summed E-state index contributed by atoms with van der Waals surface area (Å²) in [6, 6.07) is 16.1. The summed E-state index contributed by atoms with van der Waals surface area (Å²) in [4.78, 5) is 2.88. The Hall–Kier alpha value is -2.32. The fourth-order valence-electron chi connectivity index (χ4n) is 4.97. The lowest BCUT2D eigenvalue weighted by molar-refractivity contribution is -0.659. The van der Waals surface area contributed by atoms with Gasteiger partial charge < -0.3 is 0 Å². The summed E-state index contributed by atoms with van der Waals surface area (Å²) in [5.41, 5.74) is 7.16. The maximum Gasteiger partial charge on any atom is 0.222 e. The van der Waals surface area contributed by atoms with Gasteiger partial charge in [0, 0.05) is 15.9 Å². The Morgan fingerprint density at radius 2 is 1.70 bits per heavy atom. The fourth-order valence-corrected chi connectivity index (χ4v) is 6.37. The van der Waals surface area contributed by atoms with E-state index < -0.39 is 0 Å². The number of nitrogens with zero attached hydrogens (tertiary/aromatic N) is 1. The summed E-state index contributed by atoms with van der Waals surface area (Å²) in [5.74, 6) is 1.15. The van der Waals surface area contributed by atoms with Gasteiger partial charge in [0.15, 0.2) is 6.20 Å². The van der Waals surface area contributed by atoms with Gasteiger partial charge in [-0.25, -0.2) is 4.57 Å². The zero-order chi connectivity index (χ0) is 21.2. The second kappa shape index (κ2) is 7.13. The van der Waals surface area contributed by atoms with Crippen LogP contribution in [0.3, 0.4) is 0 Å². The van der Waals surface area contributed by atoms with E-state index in [-0.39, 0.29) is 0 Å². The summed E-state index contributed by atoms with van der Waals surface area (Å²) in [7, 11) is 2.20. The number of hydrogen-bond acceptors (Lipinski definition) is 1. The molecule has 0 N–H and O–H groups in total. The van der Waals surface area contributed by atoms with Crippen LogP contribution in [-0.2, 0) is 13.5 Å². The third kappa shape index (κ3) is 2.88. The number of pyridine rings is 1. The van der Waals surface area contributed by atoms with E-state index >= 15 is 0 Å². The van der Waals surface area contributed by atoms with Crippen LogP contribution in [0, 0.1) is 12.8 Å². The largest absolute Gasteiger partial charge is 0.222 e. The molecule has 3 aromatic carbocycles. The van der Waals surface area contributed by atoms with Crippen molar-refractivity contribution in [1.82, 2.24) is 0 Å². The molecule has 152 valence electrons. The minimum absolute atomic E-state index is 0.526. The van der Waals surface area contributed by atoms with E-state index in [4.69, 9.17) is 0 Å². The van der Waals surface area contributed by atoms with Gasteiger partial charge in [-0.1, -0.05) is 69.8 Å². The summed E-state index contributed by atoms with van der Waals surface area (Å²) in [6.45, 7) is 11.6. The maximum atomic E-state index is 2.44. The first-order valence-corrected chi connectivity index (χ1v) is 11.9. The van der Waals surface area contributed by atoms with E-state index in [1.54, 1.807) is 0 Å². The average Bonchev–Trinajstić information content (AvgIpc) is 2.72. The van der Waals surface area contributed by atoms with Crippen molar-refractivity contribution in [1.29, 1.82) is 0 Å². The van der Waals surface area contributed by atoms with Crippen molar-refractivity contribution in [2.45, 2.75) is 56.7 Å². The Bertz CT molecular complexity index is 1310. The van der Waals surface area contributed by atoms with Gasteiger partial charge in [0.2, 0.25) is 5.69 Å². The van der Waals surface area contributed by atoms with Gasteiger partial charge >= 0.3 is 0 Å².